The van der Waals surface area contributed by atoms with Gasteiger partial charge in [0.1, 0.15) is 5.75 Å². The van der Waals surface area contributed by atoms with Crippen LogP contribution in [0.25, 0.3) is 0 Å². The second-order valence-corrected chi connectivity index (χ2v) is 11.0. The Morgan fingerprint density at radius 2 is 1.54 bits per heavy atom. The van der Waals surface area contributed by atoms with Crippen molar-refractivity contribution in [1.82, 2.24) is 0 Å². The molecule has 1 saturated carbocycles. The van der Waals surface area contributed by atoms with Crippen molar-refractivity contribution in [3.63, 3.8) is 0 Å². The van der Waals surface area contributed by atoms with Crippen molar-refractivity contribution < 1.29 is 13.2 Å². The van der Waals surface area contributed by atoms with E-state index in [0.717, 1.165) is 30.9 Å². The first kappa shape index (κ1) is 19.3. The third-order valence-electron chi connectivity index (χ3n) is 5.35. The summed E-state index contributed by atoms with van der Waals surface area (Å²) in [5, 5.41) is 0. The Morgan fingerprint density at radius 3 is 2.04 bits per heavy atom. The van der Waals surface area contributed by atoms with Gasteiger partial charge in [-0.3, -0.25) is 0 Å². The molecule has 0 bridgehead atoms. The van der Waals surface area contributed by atoms with Crippen molar-refractivity contribution in [2.24, 2.45) is 11.8 Å². The molecular formula is C20H32O3S. The van der Waals surface area contributed by atoms with Crippen molar-refractivity contribution in [3.05, 3.63) is 29.8 Å². The number of benzene rings is 1. The zero-order valence-corrected chi connectivity index (χ0v) is 16.4. The van der Waals surface area contributed by atoms with E-state index in [9.17, 15) is 8.42 Å². The summed E-state index contributed by atoms with van der Waals surface area (Å²) in [7, 11) is -1.30. The average Bonchev–Trinajstić information content (AvgIpc) is 2.53. The Balaban J connectivity index is 1.76. The number of hydrogen-bond acceptors (Lipinski definition) is 3. The highest BCUT2D eigenvalue weighted by molar-refractivity contribution is 7.92. The molecule has 24 heavy (non-hydrogen) atoms. The maximum atomic E-state index is 12.4. The molecule has 1 aromatic carbocycles. The molecule has 1 aromatic rings. The lowest BCUT2D eigenvalue weighted by molar-refractivity contribution is 0.278. The van der Waals surface area contributed by atoms with Crippen LogP contribution >= 0.6 is 0 Å². The minimum atomic E-state index is -2.99. The van der Waals surface area contributed by atoms with E-state index in [1.807, 2.05) is 32.9 Å². The molecule has 0 aromatic heterocycles. The fraction of sp³-hybridized carbons (Fsp3) is 0.700. The third kappa shape index (κ3) is 5.23. The smallest absolute Gasteiger partial charge is 0.155 e. The van der Waals surface area contributed by atoms with E-state index in [2.05, 4.69) is 12.1 Å². The van der Waals surface area contributed by atoms with Crippen molar-refractivity contribution in [2.45, 2.75) is 64.0 Å². The van der Waals surface area contributed by atoms with Gasteiger partial charge in [0.15, 0.2) is 9.84 Å². The summed E-state index contributed by atoms with van der Waals surface area (Å²) in [4.78, 5) is 0. The predicted octanol–water partition coefficient (Wildman–Crippen LogP) is 4.65. The van der Waals surface area contributed by atoms with Gasteiger partial charge in [-0.2, -0.15) is 0 Å². The lowest BCUT2D eigenvalue weighted by Gasteiger charge is -2.30. The molecule has 0 radical (unpaired) electrons. The van der Waals surface area contributed by atoms with Crippen LogP contribution in [-0.2, 0) is 16.3 Å². The standard InChI is InChI=1S/C20H32O3S/c1-20(2,3)24(21,22)15-18-9-7-16(8-10-18)5-6-17-11-13-19(23-4)14-12-17/h11-14,16,18H,5-10,15H2,1-4H3. The zero-order valence-electron chi connectivity index (χ0n) is 15.5. The van der Waals surface area contributed by atoms with Crippen LogP contribution in [0.15, 0.2) is 24.3 Å². The predicted molar refractivity (Wildman–Crippen MR) is 100 cm³/mol. The van der Waals surface area contributed by atoms with Gasteiger partial charge in [0.05, 0.1) is 17.6 Å². The Kier molecular flexibility index (Phi) is 6.35. The van der Waals surface area contributed by atoms with Crippen molar-refractivity contribution in [1.29, 1.82) is 0 Å². The quantitative estimate of drug-likeness (QED) is 0.748. The molecule has 3 nitrogen and oxygen atoms in total. The van der Waals surface area contributed by atoms with Crippen LogP contribution in [0.5, 0.6) is 5.75 Å². The molecule has 0 N–H and O–H groups in total. The molecule has 0 saturated heterocycles. The van der Waals surface area contributed by atoms with Crippen molar-refractivity contribution >= 4 is 9.84 Å². The van der Waals surface area contributed by atoms with E-state index in [-0.39, 0.29) is 0 Å². The van der Waals surface area contributed by atoms with E-state index in [1.54, 1.807) is 7.11 Å². The Hall–Kier alpha value is -1.03. The van der Waals surface area contributed by atoms with Crippen LogP contribution in [0.1, 0.15) is 58.4 Å². The fourth-order valence-electron chi connectivity index (χ4n) is 3.41. The average molecular weight is 353 g/mol. The van der Waals surface area contributed by atoms with Gasteiger partial charge in [0, 0.05) is 0 Å². The maximum Gasteiger partial charge on any atom is 0.155 e. The van der Waals surface area contributed by atoms with E-state index < -0.39 is 14.6 Å². The van der Waals surface area contributed by atoms with Gasteiger partial charge in [-0.05, 0) is 76.0 Å². The van der Waals surface area contributed by atoms with Gasteiger partial charge in [0.2, 0.25) is 0 Å². The summed E-state index contributed by atoms with van der Waals surface area (Å²) in [6, 6.07) is 8.31. The molecule has 4 heteroatoms. The highest BCUT2D eigenvalue weighted by Gasteiger charge is 2.33. The van der Waals surface area contributed by atoms with Crippen LogP contribution in [0.2, 0.25) is 0 Å². The summed E-state index contributed by atoms with van der Waals surface area (Å²) in [5.41, 5.74) is 1.35. The number of rotatable bonds is 6. The first-order valence-corrected chi connectivity index (χ1v) is 10.7. The lowest BCUT2D eigenvalue weighted by atomic mass is 9.80. The summed E-state index contributed by atoms with van der Waals surface area (Å²) >= 11 is 0. The molecule has 0 amide bonds. The van der Waals surface area contributed by atoms with E-state index in [4.69, 9.17) is 4.74 Å². The van der Waals surface area contributed by atoms with E-state index in [0.29, 0.717) is 11.7 Å². The SMILES string of the molecule is COc1ccc(CCC2CCC(CS(=O)(=O)C(C)(C)C)CC2)cc1. The Labute approximate surface area is 147 Å². The molecule has 0 heterocycles. The molecule has 0 atom stereocenters. The van der Waals surface area contributed by atoms with Crippen molar-refractivity contribution in [3.8, 4) is 5.75 Å². The van der Waals surface area contributed by atoms with Gasteiger partial charge in [-0.1, -0.05) is 25.0 Å². The summed E-state index contributed by atoms with van der Waals surface area (Å²) in [5.74, 6) is 2.35. The van der Waals surface area contributed by atoms with Crippen LogP contribution in [0, 0.1) is 11.8 Å². The van der Waals surface area contributed by atoms with E-state index >= 15 is 0 Å². The molecule has 0 spiro atoms. The van der Waals surface area contributed by atoms with Gasteiger partial charge < -0.3 is 4.74 Å². The van der Waals surface area contributed by atoms with Crippen molar-refractivity contribution in [2.75, 3.05) is 12.9 Å². The van der Waals surface area contributed by atoms with Gasteiger partial charge >= 0.3 is 0 Å². The van der Waals surface area contributed by atoms with E-state index in [1.165, 1.54) is 24.8 Å². The second kappa shape index (κ2) is 7.90. The normalized spacial score (nSPS) is 22.3. The molecule has 0 unspecified atom stereocenters. The molecule has 2 rings (SSSR count). The number of ether oxygens (including phenoxy) is 1. The van der Waals surface area contributed by atoms with Gasteiger partial charge in [0.25, 0.3) is 0 Å². The number of methoxy groups -OCH3 is 1. The first-order chi connectivity index (χ1) is 11.2. The maximum absolute atomic E-state index is 12.4. The second-order valence-electron chi connectivity index (χ2n) is 8.17. The molecule has 136 valence electrons. The molecule has 0 aliphatic heterocycles. The third-order valence-corrected chi connectivity index (χ3v) is 8.13. The van der Waals surface area contributed by atoms with Crippen LogP contribution in [0.3, 0.4) is 0 Å². The van der Waals surface area contributed by atoms with Crippen LogP contribution in [0.4, 0.5) is 0 Å². The highest BCUT2D eigenvalue weighted by atomic mass is 32.2. The number of sulfone groups is 1. The zero-order chi connectivity index (χ0) is 17.8. The first-order valence-electron chi connectivity index (χ1n) is 9.06. The van der Waals surface area contributed by atoms with Gasteiger partial charge in [-0.15, -0.1) is 0 Å². The fourth-order valence-corrected chi connectivity index (χ4v) is 4.86. The summed E-state index contributed by atoms with van der Waals surface area (Å²) < 4.78 is 29.3. The largest absolute Gasteiger partial charge is 0.497 e. The topological polar surface area (TPSA) is 43.4 Å². The molecule has 1 aliphatic rings. The number of hydrogen-bond donors (Lipinski definition) is 0. The molecular weight excluding hydrogens is 320 g/mol. The molecule has 1 fully saturated rings. The minimum Gasteiger partial charge on any atom is -0.497 e. The Morgan fingerprint density at radius 1 is 1.00 bits per heavy atom. The van der Waals surface area contributed by atoms with Crippen LogP contribution in [-0.4, -0.2) is 26.0 Å². The van der Waals surface area contributed by atoms with Gasteiger partial charge in [-0.25, -0.2) is 8.42 Å². The lowest BCUT2D eigenvalue weighted by Crippen LogP contribution is -2.34. The minimum absolute atomic E-state index is 0.353. The van der Waals surface area contributed by atoms with Crippen LogP contribution < -0.4 is 4.74 Å². The number of aryl methyl sites for hydroxylation is 1. The summed E-state index contributed by atoms with van der Waals surface area (Å²) in [6.07, 6.45) is 6.75. The molecule has 1 aliphatic carbocycles. The monoisotopic (exact) mass is 352 g/mol. The summed E-state index contributed by atoms with van der Waals surface area (Å²) in [6.45, 7) is 5.43. The Bertz CT molecular complexity index is 603. The highest BCUT2D eigenvalue weighted by Crippen LogP contribution is 2.34.